The number of ketones is 1. The number of nitrogen functional groups attached to an aromatic ring is 1. The zero-order valence-corrected chi connectivity index (χ0v) is 17.7. The number of nitrogens with zero attached hydrogens (tertiary/aromatic N) is 5. The molecular formula is C21H26N6O3. The van der Waals surface area contributed by atoms with Gasteiger partial charge in [-0.05, 0) is 45.7 Å². The second-order valence-electron chi connectivity index (χ2n) is 7.21. The molecule has 0 unspecified atom stereocenters. The number of hydrogen-bond acceptors (Lipinski definition) is 7. The first-order valence-electron chi connectivity index (χ1n) is 9.67. The molecule has 0 saturated carbocycles. The third-order valence-corrected chi connectivity index (χ3v) is 5.19. The fourth-order valence-electron chi connectivity index (χ4n) is 3.60. The van der Waals surface area contributed by atoms with E-state index in [0.717, 1.165) is 28.3 Å². The summed E-state index contributed by atoms with van der Waals surface area (Å²) in [6.45, 7) is 11.6. The molecule has 2 N–H and O–H groups in total. The molecule has 0 aliphatic carbocycles. The van der Waals surface area contributed by atoms with Crippen molar-refractivity contribution in [2.75, 3.05) is 12.3 Å². The maximum absolute atomic E-state index is 12.5. The van der Waals surface area contributed by atoms with Crippen molar-refractivity contribution >= 4 is 23.5 Å². The van der Waals surface area contributed by atoms with E-state index in [-0.39, 0.29) is 24.8 Å². The summed E-state index contributed by atoms with van der Waals surface area (Å²) >= 11 is 0. The molecule has 9 nitrogen and oxygen atoms in total. The minimum atomic E-state index is -0.444. The minimum Gasteiger partial charge on any atom is -0.457 e. The number of aryl methyl sites for hydroxylation is 3. The monoisotopic (exact) mass is 410 g/mol. The highest BCUT2D eigenvalue weighted by Gasteiger charge is 2.18. The maximum Gasteiger partial charge on any atom is 0.306 e. The average Bonchev–Trinajstić information content (AvgIpc) is 3.20. The van der Waals surface area contributed by atoms with Crippen LogP contribution in [-0.4, -0.2) is 42.5 Å². The first-order valence-corrected chi connectivity index (χ1v) is 9.67. The van der Waals surface area contributed by atoms with Gasteiger partial charge in [0.1, 0.15) is 0 Å². The molecule has 0 atom stereocenters. The molecule has 0 fully saturated rings. The molecule has 0 spiro atoms. The maximum atomic E-state index is 12.5. The lowest BCUT2D eigenvalue weighted by Crippen LogP contribution is -2.16. The molecule has 9 heteroatoms. The van der Waals surface area contributed by atoms with Crippen LogP contribution >= 0.6 is 0 Å². The van der Waals surface area contributed by atoms with Gasteiger partial charge in [0.05, 0.1) is 0 Å². The number of carbonyl (C=O) groups excluding carboxylic acids is 2. The van der Waals surface area contributed by atoms with E-state index in [0.29, 0.717) is 24.3 Å². The van der Waals surface area contributed by atoms with Crippen molar-refractivity contribution in [2.45, 2.75) is 47.1 Å². The van der Waals surface area contributed by atoms with Crippen molar-refractivity contribution in [1.29, 1.82) is 0 Å². The number of allylic oxidation sites excluding steroid dienone is 1. The molecule has 3 aromatic rings. The summed E-state index contributed by atoms with van der Waals surface area (Å²) in [5.74, 6) is -0.0958. The third kappa shape index (κ3) is 4.10. The van der Waals surface area contributed by atoms with Gasteiger partial charge in [-0.25, -0.2) is 4.98 Å². The molecule has 3 heterocycles. The number of rotatable bonds is 8. The highest BCUT2D eigenvalue weighted by molar-refractivity contribution is 5.99. The van der Waals surface area contributed by atoms with Crippen LogP contribution in [0.1, 0.15) is 45.1 Å². The molecule has 0 saturated heterocycles. The van der Waals surface area contributed by atoms with Crippen molar-refractivity contribution in [2.24, 2.45) is 0 Å². The van der Waals surface area contributed by atoms with Crippen LogP contribution in [0, 0.1) is 27.7 Å². The lowest BCUT2D eigenvalue weighted by atomic mass is 10.1. The standard InChI is InChI=1S/C21H26N6O3/c1-6-9-26-12(2)10-17(14(26)4)18(28)11-30-19(29)8-7-16-13(3)23-21-24-20(22)25-27(21)15(16)5/h6,10H,1,7-9,11H2,2-5H3,(H2,22,25). The van der Waals surface area contributed by atoms with Gasteiger partial charge in [-0.3, -0.25) is 9.59 Å². The molecule has 0 amide bonds. The second-order valence-corrected chi connectivity index (χ2v) is 7.21. The fraction of sp³-hybridized carbons (Fsp3) is 0.381. The Hall–Kier alpha value is -3.49. The molecule has 0 aliphatic rings. The Morgan fingerprint density at radius 3 is 2.63 bits per heavy atom. The normalized spacial score (nSPS) is 11.1. The Morgan fingerprint density at radius 2 is 1.93 bits per heavy atom. The molecule has 0 aliphatic heterocycles. The lowest BCUT2D eigenvalue weighted by molar-refractivity contribution is -0.142. The molecule has 0 radical (unpaired) electrons. The van der Waals surface area contributed by atoms with E-state index in [1.54, 1.807) is 10.6 Å². The Kier molecular flexibility index (Phi) is 6.00. The lowest BCUT2D eigenvalue weighted by Gasteiger charge is -2.10. The highest BCUT2D eigenvalue weighted by atomic mass is 16.5. The van der Waals surface area contributed by atoms with Crippen LogP contribution in [0.2, 0.25) is 0 Å². The number of Topliss-reactive ketones (excluding diaryl/α,β-unsaturated/α-hetero) is 1. The Labute approximate surface area is 174 Å². The summed E-state index contributed by atoms with van der Waals surface area (Å²) < 4.78 is 8.78. The van der Waals surface area contributed by atoms with Crippen LogP contribution in [0.3, 0.4) is 0 Å². The number of aromatic nitrogens is 5. The smallest absolute Gasteiger partial charge is 0.306 e. The van der Waals surface area contributed by atoms with E-state index in [9.17, 15) is 9.59 Å². The summed E-state index contributed by atoms with van der Waals surface area (Å²) in [6, 6.07) is 1.81. The summed E-state index contributed by atoms with van der Waals surface area (Å²) in [6.07, 6.45) is 2.32. The van der Waals surface area contributed by atoms with E-state index in [2.05, 4.69) is 21.6 Å². The summed E-state index contributed by atoms with van der Waals surface area (Å²) in [4.78, 5) is 33.2. The van der Waals surface area contributed by atoms with Gasteiger partial charge >= 0.3 is 5.97 Å². The van der Waals surface area contributed by atoms with Crippen molar-refractivity contribution in [1.82, 2.24) is 24.1 Å². The summed E-state index contributed by atoms with van der Waals surface area (Å²) in [5, 5.41) is 4.12. The van der Waals surface area contributed by atoms with Gasteiger partial charge in [0.15, 0.2) is 6.61 Å². The van der Waals surface area contributed by atoms with Crippen molar-refractivity contribution in [3.05, 3.63) is 52.6 Å². The van der Waals surface area contributed by atoms with Crippen molar-refractivity contribution in [3.63, 3.8) is 0 Å². The Balaban J connectivity index is 1.62. The van der Waals surface area contributed by atoms with Gasteiger partial charge in [0.2, 0.25) is 11.7 Å². The fourth-order valence-corrected chi connectivity index (χ4v) is 3.60. The molecule has 0 aromatic carbocycles. The molecule has 30 heavy (non-hydrogen) atoms. The third-order valence-electron chi connectivity index (χ3n) is 5.19. The number of ether oxygens (including phenoxy) is 1. The van der Waals surface area contributed by atoms with Crippen LogP contribution < -0.4 is 5.73 Å². The predicted octanol–water partition coefficient (Wildman–Crippen LogP) is 2.29. The van der Waals surface area contributed by atoms with Gasteiger partial charge in [0, 0.05) is 41.3 Å². The van der Waals surface area contributed by atoms with Crippen molar-refractivity contribution in [3.8, 4) is 0 Å². The van der Waals surface area contributed by atoms with E-state index in [4.69, 9.17) is 10.5 Å². The summed E-state index contributed by atoms with van der Waals surface area (Å²) in [5.41, 5.74) is 10.5. The van der Waals surface area contributed by atoms with Gasteiger partial charge in [-0.15, -0.1) is 11.7 Å². The zero-order valence-electron chi connectivity index (χ0n) is 17.7. The minimum absolute atomic E-state index is 0.127. The molecular weight excluding hydrogens is 384 g/mol. The van der Waals surface area contributed by atoms with Crippen LogP contribution in [0.4, 0.5) is 5.95 Å². The average molecular weight is 410 g/mol. The second kappa shape index (κ2) is 8.48. The van der Waals surface area contributed by atoms with Crippen molar-refractivity contribution < 1.29 is 14.3 Å². The predicted molar refractivity (Wildman–Crippen MR) is 112 cm³/mol. The largest absolute Gasteiger partial charge is 0.457 e. The van der Waals surface area contributed by atoms with Crippen LogP contribution in [-0.2, 0) is 22.5 Å². The Morgan fingerprint density at radius 1 is 1.20 bits per heavy atom. The Bertz CT molecular complexity index is 1140. The molecule has 158 valence electrons. The van der Waals surface area contributed by atoms with E-state index < -0.39 is 5.97 Å². The number of hydrogen-bond donors (Lipinski definition) is 1. The van der Waals surface area contributed by atoms with Crippen LogP contribution in [0.5, 0.6) is 0 Å². The van der Waals surface area contributed by atoms with Gasteiger partial charge in [-0.2, -0.15) is 9.50 Å². The van der Waals surface area contributed by atoms with Crippen LogP contribution in [0.15, 0.2) is 18.7 Å². The van der Waals surface area contributed by atoms with E-state index in [1.807, 2.05) is 38.3 Å². The quantitative estimate of drug-likeness (QED) is 0.344. The zero-order chi connectivity index (χ0) is 22.0. The first-order chi connectivity index (χ1) is 14.2. The molecule has 3 rings (SSSR count). The number of nitrogens with two attached hydrogens (primary N) is 1. The molecule has 3 aromatic heterocycles. The topological polar surface area (TPSA) is 117 Å². The number of esters is 1. The highest BCUT2D eigenvalue weighted by Crippen LogP contribution is 2.18. The number of anilines is 1. The van der Waals surface area contributed by atoms with Gasteiger partial charge in [-0.1, -0.05) is 6.08 Å². The number of carbonyl (C=O) groups is 2. The van der Waals surface area contributed by atoms with Gasteiger partial charge in [0.25, 0.3) is 5.78 Å². The van der Waals surface area contributed by atoms with E-state index in [1.165, 1.54) is 0 Å². The molecule has 0 bridgehead atoms. The van der Waals surface area contributed by atoms with Crippen LogP contribution in [0.25, 0.3) is 5.78 Å². The SMILES string of the molecule is C=CCn1c(C)cc(C(=O)COC(=O)CCc2c(C)nc3nc(N)nn3c2C)c1C. The summed E-state index contributed by atoms with van der Waals surface area (Å²) in [7, 11) is 0. The van der Waals surface area contributed by atoms with E-state index >= 15 is 0 Å². The number of fused-ring (bicyclic) bond motifs is 1. The van der Waals surface area contributed by atoms with Gasteiger partial charge < -0.3 is 15.0 Å². The first kappa shape index (κ1) is 21.2.